The van der Waals surface area contributed by atoms with E-state index in [-0.39, 0.29) is 12.3 Å². The molecule has 0 amide bonds. The van der Waals surface area contributed by atoms with Crippen LogP contribution < -0.4 is 4.74 Å². The molecule has 0 heterocycles. The van der Waals surface area contributed by atoms with Crippen LogP contribution in [0.2, 0.25) is 0 Å². The number of hydrogen-bond donors (Lipinski definition) is 0. The molecule has 0 radical (unpaired) electrons. The van der Waals surface area contributed by atoms with E-state index in [0.717, 1.165) is 41.9 Å². The molecule has 0 N–H and O–H groups in total. The second kappa shape index (κ2) is 11.7. The van der Waals surface area contributed by atoms with Gasteiger partial charge in [-0.25, -0.2) is 4.79 Å². The number of benzene rings is 3. The second-order valence-electron chi connectivity index (χ2n) is 8.77. The fourth-order valence-corrected chi connectivity index (χ4v) is 4.86. The van der Waals surface area contributed by atoms with Crippen LogP contribution in [0.15, 0.2) is 76.9 Å². The van der Waals surface area contributed by atoms with Crippen LogP contribution in [-0.4, -0.2) is 38.7 Å². The highest BCUT2D eigenvalue weighted by Crippen LogP contribution is 2.40. The Hall–Kier alpha value is -3.93. The highest BCUT2D eigenvalue weighted by Gasteiger charge is 2.24. The first-order chi connectivity index (χ1) is 17.6. The van der Waals surface area contributed by atoms with E-state index < -0.39 is 5.97 Å². The molecule has 0 fully saturated rings. The number of aliphatic imine (C=N–C) groups is 1. The Morgan fingerprint density at radius 2 is 1.78 bits per heavy atom. The van der Waals surface area contributed by atoms with Crippen molar-refractivity contribution in [2.24, 2.45) is 10.1 Å². The van der Waals surface area contributed by atoms with Crippen LogP contribution in [0.3, 0.4) is 0 Å². The molecule has 1 aliphatic carbocycles. The van der Waals surface area contributed by atoms with Gasteiger partial charge in [0.25, 0.3) is 0 Å². The van der Waals surface area contributed by atoms with Crippen LogP contribution in [-0.2, 0) is 27.4 Å². The molecule has 0 bridgehead atoms. The molecule has 0 spiro atoms. The smallest absolute Gasteiger partial charge is 0.356 e. The van der Waals surface area contributed by atoms with Gasteiger partial charge in [0.15, 0.2) is 5.71 Å². The van der Waals surface area contributed by atoms with E-state index in [4.69, 9.17) is 14.3 Å². The lowest BCUT2D eigenvalue weighted by atomic mass is 9.78. The molecule has 0 aliphatic heterocycles. The van der Waals surface area contributed by atoms with Gasteiger partial charge in [-0.1, -0.05) is 65.8 Å². The molecule has 36 heavy (non-hydrogen) atoms. The Kier molecular flexibility index (Phi) is 8.16. The van der Waals surface area contributed by atoms with Crippen molar-refractivity contribution < 1.29 is 19.1 Å². The van der Waals surface area contributed by atoms with Crippen molar-refractivity contribution in [3.05, 3.63) is 100 Å². The van der Waals surface area contributed by atoms with Gasteiger partial charge in [-0.05, 0) is 54.5 Å². The third kappa shape index (κ3) is 5.33. The predicted octanol–water partition coefficient (Wildman–Crippen LogP) is 5.70. The fraction of sp³-hybridized carbons (Fsp3) is 0.300. The third-order valence-electron chi connectivity index (χ3n) is 6.71. The van der Waals surface area contributed by atoms with Crippen molar-refractivity contribution >= 4 is 17.4 Å². The van der Waals surface area contributed by atoms with Crippen molar-refractivity contribution in [1.29, 1.82) is 0 Å². The summed E-state index contributed by atoms with van der Waals surface area (Å²) >= 11 is 0. The zero-order valence-corrected chi connectivity index (χ0v) is 21.3. The number of oxime groups is 1. The lowest BCUT2D eigenvalue weighted by molar-refractivity contribution is -0.132. The Balaban J connectivity index is 1.47. The number of ether oxygens (including phenoxy) is 2. The van der Waals surface area contributed by atoms with Gasteiger partial charge in [0, 0.05) is 24.1 Å². The van der Waals surface area contributed by atoms with Crippen LogP contribution in [0.5, 0.6) is 5.75 Å². The van der Waals surface area contributed by atoms with Gasteiger partial charge in [0.05, 0.1) is 19.9 Å². The Bertz CT molecular complexity index is 1280. The van der Waals surface area contributed by atoms with Gasteiger partial charge in [0.2, 0.25) is 0 Å². The largest absolute Gasteiger partial charge is 0.496 e. The lowest BCUT2D eigenvalue weighted by Crippen LogP contribution is -2.19. The van der Waals surface area contributed by atoms with E-state index in [0.29, 0.717) is 11.5 Å². The van der Waals surface area contributed by atoms with Gasteiger partial charge in [-0.15, -0.1) is 0 Å². The maximum absolute atomic E-state index is 12.1. The minimum atomic E-state index is -0.483. The number of methoxy groups -OCH3 is 2. The van der Waals surface area contributed by atoms with Crippen molar-refractivity contribution in [1.82, 2.24) is 0 Å². The monoisotopic (exact) mass is 484 g/mol. The summed E-state index contributed by atoms with van der Waals surface area (Å²) in [6.45, 7) is 2.14. The molecular weight excluding hydrogens is 452 g/mol. The number of nitrogens with zero attached hydrogens (tertiary/aromatic N) is 2. The van der Waals surface area contributed by atoms with E-state index in [1.165, 1.54) is 23.8 Å². The molecule has 1 aliphatic rings. The molecule has 3 aromatic rings. The standard InChI is InChI=1S/C30H32N2O4/c1-20(32-36-19-23-9-5-6-10-25(23)29(31-2)30(33)35-4)21-15-17-22(18-16-21)24-11-7-13-27-26(24)12-8-14-28(27)34-3/h5-6,8-10,12,14-18,24H,7,11,13,19H2,1-4H3/b31-29?,32-20+. The summed E-state index contributed by atoms with van der Waals surface area (Å²) in [7, 11) is 4.65. The molecule has 1 unspecified atom stereocenters. The van der Waals surface area contributed by atoms with Crippen LogP contribution in [0, 0.1) is 0 Å². The summed E-state index contributed by atoms with van der Waals surface area (Å²) in [5.41, 5.74) is 7.51. The first-order valence-electron chi connectivity index (χ1n) is 12.1. The molecule has 186 valence electrons. The minimum absolute atomic E-state index is 0.211. The van der Waals surface area contributed by atoms with Gasteiger partial charge in [-0.2, -0.15) is 0 Å². The van der Waals surface area contributed by atoms with E-state index in [2.05, 4.69) is 46.5 Å². The first kappa shape index (κ1) is 25.2. The highest BCUT2D eigenvalue weighted by molar-refractivity contribution is 6.43. The summed E-state index contributed by atoms with van der Waals surface area (Å²) in [5, 5.41) is 4.33. The van der Waals surface area contributed by atoms with Crippen molar-refractivity contribution in [2.45, 2.75) is 38.7 Å². The average Bonchev–Trinajstić information content (AvgIpc) is 2.93. The summed E-state index contributed by atoms with van der Waals surface area (Å²) in [6.07, 6.45) is 3.34. The summed E-state index contributed by atoms with van der Waals surface area (Å²) in [6, 6.07) is 22.4. The van der Waals surface area contributed by atoms with Crippen molar-refractivity contribution in [2.75, 3.05) is 21.3 Å². The molecule has 6 nitrogen and oxygen atoms in total. The molecule has 3 aromatic carbocycles. The Morgan fingerprint density at radius 1 is 1.00 bits per heavy atom. The Morgan fingerprint density at radius 3 is 2.50 bits per heavy atom. The zero-order valence-electron chi connectivity index (χ0n) is 21.3. The quantitative estimate of drug-likeness (QED) is 0.234. The SMILES string of the molecule is CN=C(C(=O)OC)c1ccccc1CO/N=C(\C)c1ccc(C2CCCc3c(OC)cccc32)cc1. The highest BCUT2D eigenvalue weighted by atomic mass is 16.6. The number of rotatable bonds is 8. The number of carbonyl (C=O) groups is 1. The molecule has 0 saturated heterocycles. The van der Waals surface area contributed by atoms with Gasteiger partial charge >= 0.3 is 5.97 Å². The second-order valence-corrected chi connectivity index (χ2v) is 8.77. The number of fused-ring (bicyclic) bond motifs is 1. The molecule has 6 heteroatoms. The van der Waals surface area contributed by atoms with E-state index in [1.807, 2.05) is 37.3 Å². The van der Waals surface area contributed by atoms with Gasteiger partial charge in [-0.3, -0.25) is 4.99 Å². The van der Waals surface area contributed by atoms with E-state index in [1.54, 1.807) is 14.2 Å². The molecular formula is C30H32N2O4. The van der Waals surface area contributed by atoms with Crippen LogP contribution >= 0.6 is 0 Å². The summed E-state index contributed by atoms with van der Waals surface area (Å²) < 4.78 is 10.5. The summed E-state index contributed by atoms with van der Waals surface area (Å²) in [4.78, 5) is 21.8. The van der Waals surface area contributed by atoms with Crippen molar-refractivity contribution in [3.8, 4) is 5.75 Å². The maximum Gasteiger partial charge on any atom is 0.356 e. The van der Waals surface area contributed by atoms with Gasteiger partial charge in [0.1, 0.15) is 12.4 Å². The maximum atomic E-state index is 12.1. The van der Waals surface area contributed by atoms with Crippen LogP contribution in [0.4, 0.5) is 0 Å². The predicted molar refractivity (Wildman–Crippen MR) is 142 cm³/mol. The number of hydrogen-bond acceptors (Lipinski definition) is 6. The van der Waals surface area contributed by atoms with Crippen LogP contribution in [0.25, 0.3) is 0 Å². The molecule has 1 atom stereocenters. The lowest BCUT2D eigenvalue weighted by Gasteiger charge is -2.27. The molecule has 0 aromatic heterocycles. The third-order valence-corrected chi connectivity index (χ3v) is 6.71. The Labute approximate surface area is 212 Å². The number of carbonyl (C=O) groups excluding carboxylic acids is 1. The normalized spacial score (nSPS) is 15.7. The topological polar surface area (TPSA) is 69.5 Å². The minimum Gasteiger partial charge on any atom is -0.496 e. The molecule has 0 saturated carbocycles. The van der Waals surface area contributed by atoms with E-state index >= 15 is 0 Å². The van der Waals surface area contributed by atoms with Crippen LogP contribution in [0.1, 0.15) is 59.1 Å². The number of esters is 1. The fourth-order valence-electron chi connectivity index (χ4n) is 4.86. The molecule has 4 rings (SSSR count). The average molecular weight is 485 g/mol. The zero-order chi connectivity index (χ0) is 25.5. The van der Waals surface area contributed by atoms with Gasteiger partial charge < -0.3 is 14.3 Å². The van der Waals surface area contributed by atoms with E-state index in [9.17, 15) is 4.79 Å². The van der Waals surface area contributed by atoms with Crippen molar-refractivity contribution in [3.63, 3.8) is 0 Å². The summed E-state index contributed by atoms with van der Waals surface area (Å²) in [5.74, 6) is 0.871. The first-order valence-corrected chi connectivity index (χ1v) is 12.1.